The van der Waals surface area contributed by atoms with Crippen molar-refractivity contribution >= 4 is 9.92 Å². The first-order valence-electron chi connectivity index (χ1n) is 3.97. The molecule has 0 fully saturated rings. The summed E-state index contributed by atoms with van der Waals surface area (Å²) in [6, 6.07) is 2.95. The molecule has 0 saturated heterocycles. The van der Waals surface area contributed by atoms with Crippen molar-refractivity contribution in [1.29, 1.82) is 4.78 Å². The number of nitrogens with zero attached hydrogens (tertiary/aromatic N) is 1. The first-order valence-corrected chi connectivity index (χ1v) is 5.59. The van der Waals surface area contributed by atoms with Crippen molar-refractivity contribution in [2.24, 2.45) is 5.14 Å². The number of aromatic nitrogens is 1. The van der Waals surface area contributed by atoms with Crippen molar-refractivity contribution in [2.45, 2.75) is 24.3 Å². The van der Waals surface area contributed by atoms with Crippen LogP contribution in [0.2, 0.25) is 0 Å². The van der Waals surface area contributed by atoms with Crippen molar-refractivity contribution in [3.05, 3.63) is 24.0 Å². The molecule has 4 N–H and O–H groups in total. The Balaban J connectivity index is 3.14. The highest BCUT2D eigenvalue weighted by Crippen LogP contribution is 2.17. The second-order valence-electron chi connectivity index (χ2n) is 3.54. The van der Waals surface area contributed by atoms with E-state index >= 15 is 0 Å². The number of aliphatic hydroxyl groups is 1. The standard InChI is InChI=1S/C8H13N3O2S/c1-8(2,12)7-4-3-6(5-11-7)14(9,10)13/h3-5,12H,1-2H3,(H3,9,10,13). The SMILES string of the molecule is CC(C)(O)c1ccc(S(=N)(N)=O)cn1. The Labute approximate surface area is 83.1 Å². The number of hydrogen-bond acceptors (Lipinski definition) is 4. The average Bonchev–Trinajstić information content (AvgIpc) is 2.01. The summed E-state index contributed by atoms with van der Waals surface area (Å²) in [6.07, 6.45) is 1.25. The average molecular weight is 215 g/mol. The number of hydrogen-bond donors (Lipinski definition) is 3. The molecule has 14 heavy (non-hydrogen) atoms. The van der Waals surface area contributed by atoms with Crippen molar-refractivity contribution in [2.75, 3.05) is 0 Å². The fraction of sp³-hybridized carbons (Fsp3) is 0.375. The van der Waals surface area contributed by atoms with Gasteiger partial charge < -0.3 is 5.11 Å². The molecule has 0 radical (unpaired) electrons. The summed E-state index contributed by atoms with van der Waals surface area (Å²) in [5.41, 5.74) is -0.597. The van der Waals surface area contributed by atoms with E-state index in [4.69, 9.17) is 9.92 Å². The van der Waals surface area contributed by atoms with E-state index in [1.165, 1.54) is 18.3 Å². The summed E-state index contributed by atoms with van der Waals surface area (Å²) in [6.45, 7) is 3.19. The van der Waals surface area contributed by atoms with E-state index in [0.29, 0.717) is 5.69 Å². The van der Waals surface area contributed by atoms with Gasteiger partial charge in [-0.3, -0.25) is 4.98 Å². The summed E-state index contributed by atoms with van der Waals surface area (Å²) in [5.74, 6) is 0. The van der Waals surface area contributed by atoms with Gasteiger partial charge in [-0.2, -0.15) is 0 Å². The van der Waals surface area contributed by atoms with Crippen LogP contribution in [0.15, 0.2) is 23.2 Å². The second-order valence-corrected chi connectivity index (χ2v) is 5.21. The third-order valence-electron chi connectivity index (χ3n) is 1.71. The van der Waals surface area contributed by atoms with Crippen LogP contribution in [0, 0.1) is 4.78 Å². The fourth-order valence-electron chi connectivity index (χ4n) is 0.922. The zero-order chi connectivity index (χ0) is 11.0. The molecule has 5 nitrogen and oxygen atoms in total. The first-order chi connectivity index (χ1) is 6.21. The lowest BCUT2D eigenvalue weighted by Crippen LogP contribution is -2.18. The third kappa shape index (κ3) is 2.50. The zero-order valence-corrected chi connectivity index (χ0v) is 8.84. The van der Waals surface area contributed by atoms with Crippen LogP contribution in [0.25, 0.3) is 0 Å². The molecule has 0 saturated carbocycles. The van der Waals surface area contributed by atoms with Gasteiger partial charge in [0.2, 0.25) is 0 Å². The van der Waals surface area contributed by atoms with E-state index in [2.05, 4.69) is 4.98 Å². The Kier molecular flexibility index (Phi) is 2.62. The molecule has 78 valence electrons. The third-order valence-corrected chi connectivity index (χ3v) is 2.66. The molecule has 0 aromatic carbocycles. The molecule has 1 aromatic heterocycles. The molecule has 0 aliphatic carbocycles. The molecule has 0 bridgehead atoms. The molecule has 6 heteroatoms. The van der Waals surface area contributed by atoms with Gasteiger partial charge in [0.15, 0.2) is 0 Å². The van der Waals surface area contributed by atoms with Gasteiger partial charge in [-0.05, 0) is 26.0 Å². The van der Waals surface area contributed by atoms with Gasteiger partial charge in [-0.1, -0.05) is 0 Å². The van der Waals surface area contributed by atoms with Crippen LogP contribution < -0.4 is 5.14 Å². The van der Waals surface area contributed by atoms with Crippen LogP contribution in [-0.4, -0.2) is 14.3 Å². The van der Waals surface area contributed by atoms with Crippen LogP contribution in [0.4, 0.5) is 0 Å². The number of nitrogens with one attached hydrogen (secondary N) is 1. The van der Waals surface area contributed by atoms with Gasteiger partial charge in [0, 0.05) is 6.20 Å². The molecular weight excluding hydrogens is 202 g/mol. The van der Waals surface area contributed by atoms with Crippen LogP contribution in [0.5, 0.6) is 0 Å². The smallest absolute Gasteiger partial charge is 0.133 e. The van der Waals surface area contributed by atoms with Crippen LogP contribution in [0.1, 0.15) is 19.5 Å². The van der Waals surface area contributed by atoms with E-state index in [9.17, 15) is 9.32 Å². The maximum Gasteiger partial charge on any atom is 0.133 e. The van der Waals surface area contributed by atoms with Crippen LogP contribution in [0.3, 0.4) is 0 Å². The lowest BCUT2D eigenvalue weighted by atomic mass is 10.1. The minimum atomic E-state index is -3.21. The molecule has 1 atom stereocenters. The number of pyridine rings is 1. The van der Waals surface area contributed by atoms with Crippen LogP contribution in [-0.2, 0) is 15.5 Å². The largest absolute Gasteiger partial charge is 0.384 e. The Hall–Kier alpha value is -0.980. The molecular formula is C8H13N3O2S. The predicted molar refractivity (Wildman–Crippen MR) is 52.8 cm³/mol. The molecule has 1 heterocycles. The minimum Gasteiger partial charge on any atom is -0.384 e. The Morgan fingerprint density at radius 1 is 1.57 bits per heavy atom. The van der Waals surface area contributed by atoms with E-state index in [1.807, 2.05) is 0 Å². The maximum atomic E-state index is 11.1. The Morgan fingerprint density at radius 2 is 2.14 bits per heavy atom. The van der Waals surface area contributed by atoms with Crippen molar-refractivity contribution in [3.8, 4) is 0 Å². The molecule has 1 rings (SSSR count). The van der Waals surface area contributed by atoms with Gasteiger partial charge in [-0.25, -0.2) is 14.1 Å². The summed E-state index contributed by atoms with van der Waals surface area (Å²) < 4.78 is 18.2. The van der Waals surface area contributed by atoms with Gasteiger partial charge in [0.25, 0.3) is 0 Å². The normalized spacial score (nSPS) is 16.3. The second kappa shape index (κ2) is 3.30. The molecule has 0 aliphatic heterocycles. The molecule has 1 aromatic rings. The fourth-order valence-corrected chi connectivity index (χ4v) is 1.40. The Bertz CT molecular complexity index is 417. The lowest BCUT2D eigenvalue weighted by molar-refractivity contribution is 0.0737. The quantitative estimate of drug-likeness (QED) is 0.673. The minimum absolute atomic E-state index is 0.158. The van der Waals surface area contributed by atoms with Crippen molar-refractivity contribution < 1.29 is 9.32 Å². The van der Waals surface area contributed by atoms with E-state index in [1.54, 1.807) is 13.8 Å². The molecule has 0 spiro atoms. The summed E-state index contributed by atoms with van der Waals surface area (Å²) >= 11 is 0. The van der Waals surface area contributed by atoms with Crippen molar-refractivity contribution in [3.63, 3.8) is 0 Å². The van der Waals surface area contributed by atoms with E-state index in [0.717, 1.165) is 0 Å². The highest BCUT2D eigenvalue weighted by Gasteiger charge is 2.17. The van der Waals surface area contributed by atoms with Crippen molar-refractivity contribution in [1.82, 2.24) is 4.98 Å². The van der Waals surface area contributed by atoms with Gasteiger partial charge in [0.05, 0.1) is 10.6 Å². The first kappa shape index (κ1) is 11.1. The summed E-state index contributed by atoms with van der Waals surface area (Å²) in [7, 11) is -3.21. The van der Waals surface area contributed by atoms with Gasteiger partial charge in [0.1, 0.15) is 15.5 Å². The molecule has 0 aliphatic rings. The predicted octanol–water partition coefficient (Wildman–Crippen LogP) is 0.588. The monoisotopic (exact) mass is 215 g/mol. The maximum absolute atomic E-state index is 11.1. The number of rotatable bonds is 2. The zero-order valence-electron chi connectivity index (χ0n) is 8.02. The summed E-state index contributed by atoms with van der Waals surface area (Å²) in [5, 5.41) is 14.7. The molecule has 0 amide bonds. The van der Waals surface area contributed by atoms with Crippen LogP contribution >= 0.6 is 0 Å². The Morgan fingerprint density at radius 3 is 2.43 bits per heavy atom. The van der Waals surface area contributed by atoms with Gasteiger partial charge >= 0.3 is 0 Å². The summed E-state index contributed by atoms with van der Waals surface area (Å²) in [4.78, 5) is 4.05. The molecule has 1 unspecified atom stereocenters. The highest BCUT2D eigenvalue weighted by molar-refractivity contribution is 7.90. The lowest BCUT2D eigenvalue weighted by Gasteiger charge is -2.16. The van der Waals surface area contributed by atoms with E-state index in [-0.39, 0.29) is 4.90 Å². The van der Waals surface area contributed by atoms with E-state index < -0.39 is 15.5 Å². The topological polar surface area (TPSA) is 100 Å². The highest BCUT2D eigenvalue weighted by atomic mass is 32.2. The number of nitrogens with two attached hydrogens (primary N) is 1. The van der Waals surface area contributed by atoms with Gasteiger partial charge in [-0.15, -0.1) is 0 Å².